The lowest BCUT2D eigenvalue weighted by atomic mass is 10.1. The van der Waals surface area contributed by atoms with Crippen molar-refractivity contribution in [1.82, 2.24) is 20.1 Å². The standard InChI is InChI=1S/C28H32N4O4/c1-31-14-20-8-9-25(34-2)26(12-20)36-23-7-3-5-21(11-23)19-35-27-17-32(15-22-6-4-10-29-13-22)16-24(27)30-28(33)18-31/h3-13,24,27H,14-19H2,1-2H3,(H,30,33)/t24-,27-/m0/s1. The van der Waals surface area contributed by atoms with Gasteiger partial charge in [0, 0.05) is 38.6 Å². The minimum atomic E-state index is -0.124. The summed E-state index contributed by atoms with van der Waals surface area (Å²) in [7, 11) is 3.57. The number of carbonyl (C=O) groups excluding carboxylic acids is 1. The average molecular weight is 489 g/mol. The molecule has 2 aliphatic heterocycles. The number of ether oxygens (including phenoxy) is 3. The fraction of sp³-hybridized carbons (Fsp3) is 0.357. The van der Waals surface area contributed by atoms with E-state index in [2.05, 4.69) is 21.3 Å². The van der Waals surface area contributed by atoms with Crippen molar-refractivity contribution in [2.24, 2.45) is 0 Å². The number of amides is 1. The lowest BCUT2D eigenvalue weighted by molar-refractivity contribution is -0.123. The molecule has 36 heavy (non-hydrogen) atoms. The summed E-state index contributed by atoms with van der Waals surface area (Å²) < 4.78 is 18.1. The molecule has 1 fully saturated rings. The molecular weight excluding hydrogens is 456 g/mol. The maximum Gasteiger partial charge on any atom is 0.234 e. The van der Waals surface area contributed by atoms with E-state index in [4.69, 9.17) is 14.2 Å². The quantitative estimate of drug-likeness (QED) is 0.607. The number of carbonyl (C=O) groups is 1. The molecule has 0 spiro atoms. The number of methoxy groups -OCH3 is 1. The van der Waals surface area contributed by atoms with Crippen LogP contribution in [-0.4, -0.2) is 66.6 Å². The molecule has 5 rings (SSSR count). The molecule has 1 aromatic heterocycles. The van der Waals surface area contributed by atoms with Crippen LogP contribution in [0.4, 0.5) is 0 Å². The molecule has 4 bridgehead atoms. The van der Waals surface area contributed by atoms with Crippen LogP contribution in [0.5, 0.6) is 17.2 Å². The topological polar surface area (TPSA) is 76.2 Å². The monoisotopic (exact) mass is 488 g/mol. The molecule has 1 amide bonds. The van der Waals surface area contributed by atoms with E-state index in [9.17, 15) is 4.79 Å². The number of rotatable bonds is 3. The second-order valence-electron chi connectivity index (χ2n) is 9.49. The molecule has 0 aliphatic carbocycles. The van der Waals surface area contributed by atoms with E-state index in [1.54, 1.807) is 13.3 Å². The third-order valence-electron chi connectivity index (χ3n) is 6.50. The first kappa shape index (κ1) is 24.2. The summed E-state index contributed by atoms with van der Waals surface area (Å²) in [5.74, 6) is 2.00. The van der Waals surface area contributed by atoms with Gasteiger partial charge in [0.2, 0.25) is 5.91 Å². The van der Waals surface area contributed by atoms with Gasteiger partial charge >= 0.3 is 0 Å². The van der Waals surface area contributed by atoms with Crippen LogP contribution in [0, 0.1) is 0 Å². The zero-order chi connectivity index (χ0) is 24.9. The van der Waals surface area contributed by atoms with E-state index < -0.39 is 0 Å². The normalized spacial score (nSPS) is 21.3. The number of nitrogens with one attached hydrogen (secondary N) is 1. The third kappa shape index (κ3) is 6.02. The second kappa shape index (κ2) is 11.1. The Morgan fingerprint density at radius 2 is 2.00 bits per heavy atom. The van der Waals surface area contributed by atoms with Gasteiger partial charge in [-0.2, -0.15) is 0 Å². The van der Waals surface area contributed by atoms with Gasteiger partial charge in [0.15, 0.2) is 11.5 Å². The van der Waals surface area contributed by atoms with Crippen LogP contribution in [0.25, 0.3) is 0 Å². The maximum absolute atomic E-state index is 13.0. The first-order valence-electron chi connectivity index (χ1n) is 12.2. The van der Waals surface area contributed by atoms with E-state index in [0.29, 0.717) is 24.7 Å². The maximum atomic E-state index is 13.0. The number of hydrogen-bond donors (Lipinski definition) is 1. The van der Waals surface area contributed by atoms with Crippen LogP contribution in [0.15, 0.2) is 67.0 Å². The van der Waals surface area contributed by atoms with Crippen molar-refractivity contribution < 1.29 is 19.0 Å². The minimum absolute atomic E-state index is 0.0154. The molecule has 2 atom stereocenters. The highest BCUT2D eigenvalue weighted by atomic mass is 16.5. The van der Waals surface area contributed by atoms with Crippen LogP contribution in [0.1, 0.15) is 16.7 Å². The largest absolute Gasteiger partial charge is 0.493 e. The average Bonchev–Trinajstić information content (AvgIpc) is 3.23. The third-order valence-corrected chi connectivity index (χ3v) is 6.50. The molecule has 1 N–H and O–H groups in total. The van der Waals surface area contributed by atoms with E-state index >= 15 is 0 Å². The lowest BCUT2D eigenvalue weighted by Crippen LogP contribution is -2.47. The fourth-order valence-corrected chi connectivity index (χ4v) is 4.83. The number of fused-ring (bicyclic) bond motifs is 5. The van der Waals surface area contributed by atoms with Gasteiger partial charge in [-0.15, -0.1) is 0 Å². The lowest BCUT2D eigenvalue weighted by Gasteiger charge is -2.23. The summed E-state index contributed by atoms with van der Waals surface area (Å²) in [6.07, 6.45) is 3.54. The molecule has 3 heterocycles. The van der Waals surface area contributed by atoms with Gasteiger partial charge in [-0.3, -0.25) is 19.6 Å². The van der Waals surface area contributed by atoms with Crippen molar-refractivity contribution in [1.29, 1.82) is 0 Å². The smallest absolute Gasteiger partial charge is 0.234 e. The number of hydrogen-bond acceptors (Lipinski definition) is 7. The van der Waals surface area contributed by atoms with Crippen molar-refractivity contribution >= 4 is 5.91 Å². The SMILES string of the molecule is COc1ccc2cc1Oc1cccc(c1)CO[C@H]1CN(Cc3cccnc3)C[C@@H]1NC(=O)CN(C)C2. The van der Waals surface area contributed by atoms with Gasteiger partial charge in [-0.1, -0.05) is 24.3 Å². The van der Waals surface area contributed by atoms with Crippen molar-refractivity contribution in [2.45, 2.75) is 31.8 Å². The number of likely N-dealkylation sites (tertiary alicyclic amines) is 1. The molecule has 8 nitrogen and oxygen atoms in total. The molecule has 0 radical (unpaired) electrons. The molecule has 8 heteroatoms. The Labute approximate surface area is 211 Å². The highest BCUT2D eigenvalue weighted by molar-refractivity contribution is 5.78. The van der Waals surface area contributed by atoms with Gasteiger partial charge in [-0.05, 0) is 54.1 Å². The van der Waals surface area contributed by atoms with Crippen LogP contribution in [0.2, 0.25) is 0 Å². The Hall–Kier alpha value is -3.46. The minimum Gasteiger partial charge on any atom is -0.493 e. The first-order valence-corrected chi connectivity index (χ1v) is 12.2. The van der Waals surface area contributed by atoms with Crippen molar-refractivity contribution in [3.8, 4) is 17.2 Å². The summed E-state index contributed by atoms with van der Waals surface area (Å²) in [6, 6.07) is 17.7. The molecule has 0 unspecified atom stereocenters. The van der Waals surface area contributed by atoms with Crippen LogP contribution >= 0.6 is 0 Å². The van der Waals surface area contributed by atoms with Gasteiger partial charge in [0.1, 0.15) is 5.75 Å². The number of nitrogens with zero attached hydrogens (tertiary/aromatic N) is 3. The van der Waals surface area contributed by atoms with Crippen LogP contribution in [-0.2, 0) is 29.2 Å². The summed E-state index contributed by atoms with van der Waals surface area (Å²) in [6.45, 7) is 3.53. The van der Waals surface area contributed by atoms with Crippen molar-refractivity contribution in [3.05, 3.63) is 83.7 Å². The molecule has 1 saturated heterocycles. The van der Waals surface area contributed by atoms with Gasteiger partial charge < -0.3 is 19.5 Å². The predicted molar refractivity (Wildman–Crippen MR) is 136 cm³/mol. The Balaban J connectivity index is 1.38. The predicted octanol–water partition coefficient (Wildman–Crippen LogP) is 3.21. The highest BCUT2D eigenvalue weighted by Crippen LogP contribution is 2.33. The fourth-order valence-electron chi connectivity index (χ4n) is 4.83. The molecule has 3 aromatic rings. The van der Waals surface area contributed by atoms with Crippen molar-refractivity contribution in [2.75, 3.05) is 33.8 Å². The summed E-state index contributed by atoms with van der Waals surface area (Å²) in [5, 5.41) is 3.23. The number of likely N-dealkylation sites (N-methyl/N-ethyl adjacent to an activating group) is 1. The molecule has 2 aromatic carbocycles. The summed E-state index contributed by atoms with van der Waals surface area (Å²) in [4.78, 5) is 21.5. The number of benzene rings is 2. The van der Waals surface area contributed by atoms with E-state index in [1.165, 1.54) is 0 Å². The van der Waals surface area contributed by atoms with E-state index in [1.807, 2.05) is 66.7 Å². The molecule has 188 valence electrons. The molecule has 0 saturated carbocycles. The first-order chi connectivity index (χ1) is 17.6. The van der Waals surface area contributed by atoms with Gasteiger partial charge in [0.25, 0.3) is 0 Å². The summed E-state index contributed by atoms with van der Waals surface area (Å²) in [5.41, 5.74) is 3.18. The van der Waals surface area contributed by atoms with Gasteiger partial charge in [0.05, 0.1) is 32.4 Å². The van der Waals surface area contributed by atoms with E-state index in [0.717, 1.165) is 42.1 Å². The second-order valence-corrected chi connectivity index (χ2v) is 9.49. The summed E-state index contributed by atoms with van der Waals surface area (Å²) >= 11 is 0. The van der Waals surface area contributed by atoms with Crippen LogP contribution < -0.4 is 14.8 Å². The Bertz CT molecular complexity index is 1190. The zero-order valence-corrected chi connectivity index (χ0v) is 20.7. The zero-order valence-electron chi connectivity index (χ0n) is 20.7. The molecular formula is C28H32N4O4. The Morgan fingerprint density at radius 3 is 2.83 bits per heavy atom. The van der Waals surface area contributed by atoms with Crippen LogP contribution in [0.3, 0.4) is 0 Å². The van der Waals surface area contributed by atoms with Crippen molar-refractivity contribution in [3.63, 3.8) is 0 Å². The highest BCUT2D eigenvalue weighted by Gasteiger charge is 2.34. The number of aromatic nitrogens is 1. The molecule has 2 aliphatic rings. The Kier molecular flexibility index (Phi) is 7.46. The number of pyridine rings is 1. The van der Waals surface area contributed by atoms with E-state index in [-0.39, 0.29) is 24.6 Å². The van der Waals surface area contributed by atoms with Gasteiger partial charge in [-0.25, -0.2) is 0 Å². The Morgan fingerprint density at radius 1 is 1.08 bits per heavy atom.